The van der Waals surface area contributed by atoms with Gasteiger partial charge >= 0.3 is 0 Å². The summed E-state index contributed by atoms with van der Waals surface area (Å²) in [6.45, 7) is 1.86. The molecule has 0 bridgehead atoms. The van der Waals surface area contributed by atoms with Crippen LogP contribution in [-0.4, -0.2) is 10.1 Å². The first-order chi connectivity index (χ1) is 9.54. The molecule has 0 aliphatic carbocycles. The predicted octanol–water partition coefficient (Wildman–Crippen LogP) is 4.38. The highest BCUT2D eigenvalue weighted by Crippen LogP contribution is 2.28. The van der Waals surface area contributed by atoms with Crippen molar-refractivity contribution in [3.05, 3.63) is 70.3 Å². The number of fused-ring (bicyclic) bond motifs is 1. The molecule has 2 N–H and O–H groups in total. The quantitative estimate of drug-likeness (QED) is 0.734. The predicted molar refractivity (Wildman–Crippen MR) is 85.7 cm³/mol. The van der Waals surface area contributed by atoms with E-state index in [0.717, 1.165) is 26.5 Å². The van der Waals surface area contributed by atoms with E-state index in [4.69, 9.17) is 0 Å². The van der Waals surface area contributed by atoms with Gasteiger partial charge in [-0.1, -0.05) is 34.1 Å². The molecular formula is C17H16BrNO. The molecule has 0 amide bonds. The van der Waals surface area contributed by atoms with Gasteiger partial charge in [0.1, 0.15) is 0 Å². The maximum absolute atomic E-state index is 10.8. The van der Waals surface area contributed by atoms with E-state index >= 15 is 0 Å². The zero-order chi connectivity index (χ0) is 14.2. The standard InChI is InChI=1S/C17H16BrNO/c1-17(20,11-12-2-5-15(18)6-3-12)14-4-7-16-13(10-14)8-9-19-16/h2-10,19-20H,11H2,1H3. The number of aliphatic hydroxyl groups is 1. The van der Waals surface area contributed by atoms with Gasteiger partial charge in [0.2, 0.25) is 0 Å². The van der Waals surface area contributed by atoms with Crippen molar-refractivity contribution in [3.63, 3.8) is 0 Å². The van der Waals surface area contributed by atoms with Gasteiger partial charge in [-0.25, -0.2) is 0 Å². The lowest BCUT2D eigenvalue weighted by atomic mass is 9.88. The molecule has 1 atom stereocenters. The highest BCUT2D eigenvalue weighted by Gasteiger charge is 2.23. The Balaban J connectivity index is 1.91. The van der Waals surface area contributed by atoms with Crippen molar-refractivity contribution in [2.45, 2.75) is 18.9 Å². The summed E-state index contributed by atoms with van der Waals surface area (Å²) in [6.07, 6.45) is 2.51. The number of aromatic nitrogens is 1. The second-order valence-electron chi connectivity index (χ2n) is 5.36. The molecule has 1 aromatic heterocycles. The van der Waals surface area contributed by atoms with Crippen molar-refractivity contribution in [2.24, 2.45) is 0 Å². The van der Waals surface area contributed by atoms with Gasteiger partial charge in [-0.05, 0) is 53.8 Å². The molecular weight excluding hydrogens is 314 g/mol. The highest BCUT2D eigenvalue weighted by atomic mass is 79.9. The zero-order valence-electron chi connectivity index (χ0n) is 11.2. The van der Waals surface area contributed by atoms with Gasteiger partial charge in [0, 0.05) is 22.6 Å². The molecule has 0 aliphatic heterocycles. The van der Waals surface area contributed by atoms with E-state index in [9.17, 15) is 5.11 Å². The molecule has 3 aromatic rings. The Bertz CT molecular complexity index is 728. The number of H-pyrrole nitrogens is 1. The average molecular weight is 330 g/mol. The summed E-state index contributed by atoms with van der Waals surface area (Å²) in [4.78, 5) is 3.17. The third-order valence-corrected chi connectivity index (χ3v) is 4.17. The topological polar surface area (TPSA) is 36.0 Å². The van der Waals surface area contributed by atoms with E-state index in [2.05, 4.69) is 20.9 Å². The summed E-state index contributed by atoms with van der Waals surface area (Å²) in [5, 5.41) is 11.9. The van der Waals surface area contributed by atoms with Crippen molar-refractivity contribution < 1.29 is 5.11 Å². The summed E-state index contributed by atoms with van der Waals surface area (Å²) < 4.78 is 1.05. The lowest BCUT2D eigenvalue weighted by molar-refractivity contribution is 0.0577. The van der Waals surface area contributed by atoms with Crippen LogP contribution >= 0.6 is 15.9 Å². The molecule has 0 spiro atoms. The fourth-order valence-electron chi connectivity index (χ4n) is 2.49. The van der Waals surface area contributed by atoms with Crippen LogP contribution in [0.15, 0.2) is 59.2 Å². The second-order valence-corrected chi connectivity index (χ2v) is 6.27. The largest absolute Gasteiger partial charge is 0.385 e. The van der Waals surface area contributed by atoms with Crippen LogP contribution in [0.1, 0.15) is 18.1 Å². The van der Waals surface area contributed by atoms with Crippen molar-refractivity contribution in [1.29, 1.82) is 0 Å². The Kier molecular flexibility index (Phi) is 3.40. The first-order valence-electron chi connectivity index (χ1n) is 6.59. The third-order valence-electron chi connectivity index (χ3n) is 3.64. The zero-order valence-corrected chi connectivity index (χ0v) is 12.8. The number of benzene rings is 2. The summed E-state index contributed by atoms with van der Waals surface area (Å²) >= 11 is 3.43. The highest BCUT2D eigenvalue weighted by molar-refractivity contribution is 9.10. The van der Waals surface area contributed by atoms with Gasteiger partial charge in [0.05, 0.1) is 5.60 Å². The van der Waals surface area contributed by atoms with Crippen LogP contribution in [0.5, 0.6) is 0 Å². The maximum Gasteiger partial charge on any atom is 0.0908 e. The Morgan fingerprint density at radius 2 is 1.85 bits per heavy atom. The van der Waals surface area contributed by atoms with E-state index in [1.807, 2.05) is 61.7 Å². The van der Waals surface area contributed by atoms with Gasteiger partial charge in [-0.15, -0.1) is 0 Å². The number of hydrogen-bond donors (Lipinski definition) is 2. The fraction of sp³-hybridized carbons (Fsp3) is 0.176. The Morgan fingerprint density at radius 3 is 2.60 bits per heavy atom. The van der Waals surface area contributed by atoms with E-state index < -0.39 is 5.60 Å². The number of hydrogen-bond acceptors (Lipinski definition) is 1. The number of aromatic amines is 1. The Hall–Kier alpha value is -1.58. The molecule has 0 aliphatic rings. The van der Waals surface area contributed by atoms with Gasteiger partial charge in [0.15, 0.2) is 0 Å². The minimum Gasteiger partial charge on any atom is -0.385 e. The molecule has 2 nitrogen and oxygen atoms in total. The van der Waals surface area contributed by atoms with Crippen LogP contribution in [0.3, 0.4) is 0 Å². The molecule has 2 aromatic carbocycles. The molecule has 3 heteroatoms. The van der Waals surface area contributed by atoms with Crippen molar-refractivity contribution in [1.82, 2.24) is 4.98 Å². The van der Waals surface area contributed by atoms with Crippen molar-refractivity contribution in [3.8, 4) is 0 Å². The number of rotatable bonds is 3. The Labute approximate surface area is 126 Å². The minimum absolute atomic E-state index is 0.593. The monoisotopic (exact) mass is 329 g/mol. The summed E-state index contributed by atoms with van der Waals surface area (Å²) in [7, 11) is 0. The molecule has 1 heterocycles. The van der Waals surface area contributed by atoms with E-state index in [0.29, 0.717) is 6.42 Å². The molecule has 0 saturated carbocycles. The number of nitrogens with one attached hydrogen (secondary N) is 1. The van der Waals surface area contributed by atoms with Gasteiger partial charge in [-0.2, -0.15) is 0 Å². The molecule has 0 saturated heterocycles. The van der Waals surface area contributed by atoms with E-state index in [1.165, 1.54) is 0 Å². The summed E-state index contributed by atoms with van der Waals surface area (Å²) in [5.74, 6) is 0. The van der Waals surface area contributed by atoms with E-state index in [-0.39, 0.29) is 0 Å². The van der Waals surface area contributed by atoms with Crippen LogP contribution in [-0.2, 0) is 12.0 Å². The Morgan fingerprint density at radius 1 is 1.10 bits per heavy atom. The van der Waals surface area contributed by atoms with Gasteiger partial charge in [0.25, 0.3) is 0 Å². The molecule has 0 radical (unpaired) electrons. The lowest BCUT2D eigenvalue weighted by Gasteiger charge is -2.24. The fourth-order valence-corrected chi connectivity index (χ4v) is 2.75. The first kappa shape index (κ1) is 13.4. The van der Waals surface area contributed by atoms with Crippen molar-refractivity contribution in [2.75, 3.05) is 0 Å². The van der Waals surface area contributed by atoms with Crippen molar-refractivity contribution >= 4 is 26.8 Å². The van der Waals surface area contributed by atoms with Crippen LogP contribution in [0.2, 0.25) is 0 Å². The maximum atomic E-state index is 10.8. The van der Waals surface area contributed by atoms with Crippen LogP contribution in [0.4, 0.5) is 0 Å². The average Bonchev–Trinajstić information content (AvgIpc) is 2.88. The number of halogens is 1. The van der Waals surface area contributed by atoms with Gasteiger partial charge < -0.3 is 10.1 Å². The molecule has 0 fully saturated rings. The van der Waals surface area contributed by atoms with Crippen LogP contribution in [0, 0.1) is 0 Å². The smallest absolute Gasteiger partial charge is 0.0908 e. The SMILES string of the molecule is CC(O)(Cc1ccc(Br)cc1)c1ccc2[nH]ccc2c1. The molecule has 20 heavy (non-hydrogen) atoms. The molecule has 102 valence electrons. The first-order valence-corrected chi connectivity index (χ1v) is 7.38. The normalized spacial score (nSPS) is 14.3. The van der Waals surface area contributed by atoms with E-state index in [1.54, 1.807) is 0 Å². The summed E-state index contributed by atoms with van der Waals surface area (Å²) in [5.41, 5.74) is 2.27. The molecule has 1 unspecified atom stereocenters. The van der Waals surface area contributed by atoms with Gasteiger partial charge in [-0.3, -0.25) is 0 Å². The third kappa shape index (κ3) is 2.65. The lowest BCUT2D eigenvalue weighted by Crippen LogP contribution is -2.24. The van der Waals surface area contributed by atoms with Crippen LogP contribution < -0.4 is 0 Å². The molecule has 3 rings (SSSR count). The van der Waals surface area contributed by atoms with Crippen LogP contribution in [0.25, 0.3) is 10.9 Å². The summed E-state index contributed by atoms with van der Waals surface area (Å²) in [6, 6.07) is 16.1. The minimum atomic E-state index is -0.876. The second kappa shape index (κ2) is 5.08.